The molecule has 1 unspecified atom stereocenters. The van der Waals surface area contributed by atoms with E-state index < -0.39 is 107 Å². The molecule has 0 heterocycles. The van der Waals surface area contributed by atoms with E-state index in [4.69, 9.17) is 142 Å². The van der Waals surface area contributed by atoms with E-state index in [9.17, 15) is 33.1 Å². The number of hydrogen-bond acceptors (Lipinski definition) is 9. The molecule has 10 nitrogen and oxygen atoms in total. The van der Waals surface area contributed by atoms with Gasteiger partial charge < -0.3 is 25.2 Å². The van der Waals surface area contributed by atoms with Crippen LogP contribution in [0.3, 0.4) is 0 Å². The van der Waals surface area contributed by atoms with Crippen molar-refractivity contribution < 1.29 is 47.1 Å². The minimum absolute atomic E-state index is 0.0268. The number of halogens is 11. The fourth-order valence-electron chi connectivity index (χ4n) is 6.39. The third-order valence-electron chi connectivity index (χ3n) is 10.2. The van der Waals surface area contributed by atoms with Gasteiger partial charge >= 0.3 is 16.4 Å². The first-order chi connectivity index (χ1) is 28.9. The molecule has 0 fully saturated rings. The number of carbonyl (C=O) groups is 1. The number of aliphatic hydroxyl groups is 4. The van der Waals surface area contributed by atoms with E-state index in [2.05, 4.69) is 6.92 Å². The number of unbranched alkanes of at least 4 members (excludes halogenated alkanes) is 12. The minimum atomic E-state index is -5.08. The van der Waals surface area contributed by atoms with Crippen LogP contribution in [0.2, 0.25) is 0 Å². The van der Waals surface area contributed by atoms with Gasteiger partial charge in [0.25, 0.3) is 0 Å². The molecular weight excluding hydrogens is 1060 g/mol. The Morgan fingerprint density at radius 2 is 1.18 bits per heavy atom. The molecule has 0 saturated heterocycles. The van der Waals surface area contributed by atoms with Gasteiger partial charge in [0.15, 0.2) is 0 Å². The molecule has 0 aromatic rings. The Labute approximate surface area is 425 Å². The summed E-state index contributed by atoms with van der Waals surface area (Å²) in [6, 6.07) is 0. The van der Waals surface area contributed by atoms with E-state index in [1.54, 1.807) is 19.1 Å². The monoisotopic (exact) mass is 1120 g/mol. The highest BCUT2D eigenvalue weighted by molar-refractivity contribution is 7.80. The lowest BCUT2D eigenvalue weighted by Crippen LogP contribution is -2.49. The molecule has 0 spiro atoms. The maximum absolute atomic E-state index is 12.4. The molecule has 0 saturated carbocycles. The van der Waals surface area contributed by atoms with E-state index in [0.29, 0.717) is 6.42 Å². The predicted molar refractivity (Wildman–Crippen MR) is 261 cm³/mol. The third kappa shape index (κ3) is 29.2. The molecule has 5 N–H and O–H groups in total. The zero-order valence-corrected chi connectivity index (χ0v) is 44.4. The van der Waals surface area contributed by atoms with E-state index in [1.807, 2.05) is 0 Å². The minimum Gasteiger partial charge on any atom is -0.458 e. The number of rotatable bonds is 38. The van der Waals surface area contributed by atoms with E-state index in [-0.39, 0.29) is 31.7 Å². The average Bonchev–Trinajstić information content (AvgIpc) is 3.20. The number of ether oxygens (including phenoxy) is 1. The van der Waals surface area contributed by atoms with Crippen molar-refractivity contribution in [3.05, 3.63) is 12.2 Å². The molecular formula is C40H67Cl11O10S. The summed E-state index contributed by atoms with van der Waals surface area (Å²) in [7, 11) is -5.08. The van der Waals surface area contributed by atoms with Crippen molar-refractivity contribution in [1.29, 1.82) is 0 Å². The van der Waals surface area contributed by atoms with Crippen LogP contribution in [-0.2, 0) is 24.1 Å². The molecule has 14 atom stereocenters. The SMILES string of the molecule is CCCCCCCCCCCCCCCC(=O)OC(C)/C=C/C[C@@H](Cl)[C@H](Cl)[C@H](C[C@H](Cl)[C@H](Cl)[C@@H](O)[C@H](Cl)[C@@H](Cl)[C@H](Cl)[C@H](O)[C@H](Cl)CC(Cl)(Cl)CC[C@H](Cl)[C@@H](O)CO)OS(=O)(=O)O. The first-order valence-electron chi connectivity index (χ1n) is 21.2. The van der Waals surface area contributed by atoms with Gasteiger partial charge in [-0.25, -0.2) is 4.18 Å². The summed E-state index contributed by atoms with van der Waals surface area (Å²) in [6.45, 7) is 3.35. The maximum Gasteiger partial charge on any atom is 0.397 e. The van der Waals surface area contributed by atoms with E-state index in [0.717, 1.165) is 25.7 Å². The highest BCUT2D eigenvalue weighted by Crippen LogP contribution is 2.38. The molecule has 0 aliphatic rings. The topological polar surface area (TPSA) is 171 Å². The molecule has 0 radical (unpaired) electrons. The second-order valence-corrected chi connectivity index (χ2v) is 23.2. The Hall–Kier alpha value is 2.11. The van der Waals surface area contributed by atoms with Gasteiger partial charge in [0.1, 0.15) is 10.4 Å². The molecule has 22 heteroatoms. The lowest BCUT2D eigenvalue weighted by Gasteiger charge is -2.34. The third-order valence-corrected chi connectivity index (χ3v) is 16.4. The van der Waals surface area contributed by atoms with Crippen LogP contribution >= 0.6 is 128 Å². The number of alkyl halides is 11. The van der Waals surface area contributed by atoms with Crippen LogP contribution in [0.25, 0.3) is 0 Å². The van der Waals surface area contributed by atoms with Crippen LogP contribution in [0.4, 0.5) is 0 Å². The summed E-state index contributed by atoms with van der Waals surface area (Å²) in [4.78, 5) is 12.4. The summed E-state index contributed by atoms with van der Waals surface area (Å²) < 4.78 is 41.8. The van der Waals surface area contributed by atoms with Gasteiger partial charge in [0.2, 0.25) is 0 Å². The smallest absolute Gasteiger partial charge is 0.397 e. The van der Waals surface area contributed by atoms with Crippen molar-refractivity contribution in [3.63, 3.8) is 0 Å². The number of esters is 1. The second-order valence-electron chi connectivity index (χ2n) is 15.8. The summed E-state index contributed by atoms with van der Waals surface area (Å²) >= 11 is 70.4. The number of carbonyl (C=O) groups excluding carboxylic acids is 1. The van der Waals surface area contributed by atoms with Gasteiger partial charge in [0, 0.05) is 6.42 Å². The summed E-state index contributed by atoms with van der Waals surface area (Å²) in [5.41, 5.74) is 0. The first kappa shape index (κ1) is 64.1. The van der Waals surface area contributed by atoms with Gasteiger partial charge in [-0.2, -0.15) is 8.42 Å². The fraction of sp³-hybridized carbons (Fsp3) is 0.925. The lowest BCUT2D eigenvalue weighted by molar-refractivity contribution is -0.146. The normalized spacial score (nSPS) is 19.7. The molecule has 0 rings (SSSR count). The quantitative estimate of drug-likeness (QED) is 0.0132. The number of hydrogen-bond donors (Lipinski definition) is 5. The van der Waals surface area contributed by atoms with E-state index >= 15 is 0 Å². The second kappa shape index (κ2) is 35.2. The van der Waals surface area contributed by atoms with Gasteiger partial charge in [-0.05, 0) is 51.5 Å². The summed E-state index contributed by atoms with van der Waals surface area (Å²) in [5, 5.41) is 29.2. The zero-order valence-electron chi connectivity index (χ0n) is 35.2. The van der Waals surface area contributed by atoms with Crippen LogP contribution < -0.4 is 0 Å². The van der Waals surface area contributed by atoms with Gasteiger partial charge in [-0.3, -0.25) is 9.35 Å². The van der Waals surface area contributed by atoms with Crippen molar-refractivity contribution in [2.75, 3.05) is 6.61 Å². The Bertz CT molecular complexity index is 1310. The molecule has 0 aromatic carbocycles. The van der Waals surface area contributed by atoms with Gasteiger partial charge in [-0.15, -0.1) is 128 Å². The fourth-order valence-corrected chi connectivity index (χ4v) is 10.6. The Balaban J connectivity index is 5.06. The standard InChI is InChI=1S/C40H67Cl11O10S/c1-3-4-5-6-7-8-9-10-11-12-13-14-15-19-32(54)60-25(2)17-16-18-27(42)33(45)31(61-62(57,58)59)22-28(43)34(46)39(56)37(49)35(47)36(48)38(55)29(44)23-40(50,51)21-20-26(41)30(53)24-52/h16-17,25-31,33-39,52-53,55-56H,3-15,18-24H2,1-2H3,(H,57,58,59)/b17-16+/t25?,26-,27+,28-,29+,30-,31-,33-,34-,35-,36-,37+,38+,39+/m0/s1. The lowest BCUT2D eigenvalue weighted by atomic mass is 9.97. The highest BCUT2D eigenvalue weighted by Gasteiger charge is 2.43. The van der Waals surface area contributed by atoms with Crippen molar-refractivity contribution >= 4 is 144 Å². The van der Waals surface area contributed by atoms with Gasteiger partial charge in [-0.1, -0.05) is 90.0 Å². The van der Waals surface area contributed by atoms with Crippen molar-refractivity contribution in [2.24, 2.45) is 0 Å². The predicted octanol–water partition coefficient (Wildman–Crippen LogP) is 11.8. The van der Waals surface area contributed by atoms with Crippen LogP contribution in [-0.4, -0.2) is 129 Å². The van der Waals surface area contributed by atoms with Crippen LogP contribution in [0.5, 0.6) is 0 Å². The molecule has 62 heavy (non-hydrogen) atoms. The van der Waals surface area contributed by atoms with Crippen LogP contribution in [0.1, 0.15) is 136 Å². The Morgan fingerprint density at radius 1 is 0.677 bits per heavy atom. The summed E-state index contributed by atoms with van der Waals surface area (Å²) in [6.07, 6.45) is 12.0. The molecule has 0 aliphatic heterocycles. The molecule has 0 aliphatic carbocycles. The average molecular weight is 1130 g/mol. The Morgan fingerprint density at radius 3 is 1.68 bits per heavy atom. The molecule has 370 valence electrons. The van der Waals surface area contributed by atoms with Crippen molar-refractivity contribution in [3.8, 4) is 0 Å². The van der Waals surface area contributed by atoms with Gasteiger partial charge in [0.05, 0.1) is 79.4 Å². The van der Waals surface area contributed by atoms with Crippen molar-refractivity contribution in [1.82, 2.24) is 0 Å². The highest BCUT2D eigenvalue weighted by atomic mass is 35.5. The molecule has 0 bridgehead atoms. The largest absolute Gasteiger partial charge is 0.458 e. The first-order valence-corrected chi connectivity index (χ1v) is 27.2. The Kier molecular flexibility index (Phi) is 36.4. The van der Waals surface area contributed by atoms with Crippen LogP contribution in [0, 0.1) is 0 Å². The summed E-state index contributed by atoms with van der Waals surface area (Å²) in [5.74, 6) is -0.324. The number of aliphatic hydroxyl groups excluding tert-OH is 4. The van der Waals surface area contributed by atoms with E-state index in [1.165, 1.54) is 57.8 Å². The molecule has 0 amide bonds. The van der Waals surface area contributed by atoms with Crippen LogP contribution in [0.15, 0.2) is 12.2 Å². The van der Waals surface area contributed by atoms with Crippen molar-refractivity contribution in [2.45, 2.75) is 219 Å². The molecule has 0 aromatic heterocycles. The zero-order chi connectivity index (χ0) is 47.6. The number of allylic oxidation sites excluding steroid dienone is 1. The maximum atomic E-state index is 12.4.